The van der Waals surface area contributed by atoms with Crippen LogP contribution in [-0.2, 0) is 14.7 Å². The number of ether oxygens (including phenoxy) is 1. The zero-order valence-electron chi connectivity index (χ0n) is 16.9. The molecule has 0 saturated carbocycles. The summed E-state index contributed by atoms with van der Waals surface area (Å²) in [5.74, 6) is 0.611. The Hall–Kier alpha value is -1.07. The van der Waals surface area contributed by atoms with Crippen molar-refractivity contribution in [3.8, 4) is 5.88 Å². The first-order chi connectivity index (χ1) is 10.6. The second-order valence-electron chi connectivity index (χ2n) is 9.68. The monoisotopic (exact) mass is 333 g/mol. The van der Waals surface area contributed by atoms with Crippen molar-refractivity contribution in [2.75, 3.05) is 0 Å². The maximum Gasteiger partial charge on any atom is 0.495 e. The molecule has 0 atom stereocenters. The molecule has 5 heteroatoms. The second kappa shape index (κ2) is 5.74. The predicted octanol–water partition coefficient (Wildman–Crippen LogP) is 3.86. The molecule has 1 fully saturated rings. The number of hydrogen-bond acceptors (Lipinski definition) is 4. The Morgan fingerprint density at radius 1 is 0.917 bits per heavy atom. The van der Waals surface area contributed by atoms with Gasteiger partial charge in [0.2, 0.25) is 5.88 Å². The minimum Gasteiger partial charge on any atom is -0.472 e. The van der Waals surface area contributed by atoms with E-state index in [1.165, 1.54) is 0 Å². The lowest BCUT2D eigenvalue weighted by molar-refractivity contribution is 0.00578. The van der Waals surface area contributed by atoms with Crippen LogP contribution in [0.3, 0.4) is 0 Å². The number of aromatic nitrogens is 1. The van der Waals surface area contributed by atoms with E-state index in [2.05, 4.69) is 54.5 Å². The van der Waals surface area contributed by atoms with Gasteiger partial charge in [-0.3, -0.25) is 0 Å². The molecule has 1 aliphatic heterocycles. The Bertz CT molecular complexity index is 596. The van der Waals surface area contributed by atoms with Crippen LogP contribution in [0.4, 0.5) is 0 Å². The fraction of sp³-hybridized carbons (Fsp3) is 0.737. The third-order valence-corrected chi connectivity index (χ3v) is 4.53. The lowest BCUT2D eigenvalue weighted by Crippen LogP contribution is -2.41. The molecule has 134 valence electrons. The van der Waals surface area contributed by atoms with E-state index in [0.717, 1.165) is 11.2 Å². The Kier molecular flexibility index (Phi) is 4.60. The third kappa shape index (κ3) is 4.12. The highest BCUT2D eigenvalue weighted by Gasteiger charge is 2.52. The third-order valence-electron chi connectivity index (χ3n) is 4.53. The van der Waals surface area contributed by atoms with Crippen molar-refractivity contribution >= 4 is 12.6 Å². The van der Waals surface area contributed by atoms with Crippen molar-refractivity contribution < 1.29 is 14.0 Å². The SMILES string of the molecule is CC(C)(C)Oc1cc(B2OC(C)(C)C(C)(C)O2)cc(C(C)(C)C)n1. The van der Waals surface area contributed by atoms with Crippen LogP contribution in [0.25, 0.3) is 0 Å². The van der Waals surface area contributed by atoms with Gasteiger partial charge in [0, 0.05) is 17.2 Å². The highest BCUT2D eigenvalue weighted by Crippen LogP contribution is 2.37. The second-order valence-corrected chi connectivity index (χ2v) is 9.68. The summed E-state index contributed by atoms with van der Waals surface area (Å²) in [6, 6.07) is 4.00. The molecule has 0 unspecified atom stereocenters. The fourth-order valence-corrected chi connectivity index (χ4v) is 2.39. The lowest BCUT2D eigenvalue weighted by atomic mass is 9.77. The quantitative estimate of drug-likeness (QED) is 0.771. The van der Waals surface area contributed by atoms with Crippen LogP contribution in [0.2, 0.25) is 0 Å². The minimum absolute atomic E-state index is 0.0877. The van der Waals surface area contributed by atoms with Crippen LogP contribution < -0.4 is 10.2 Å². The summed E-state index contributed by atoms with van der Waals surface area (Å²) in [5.41, 5.74) is 0.787. The van der Waals surface area contributed by atoms with E-state index in [-0.39, 0.29) is 22.2 Å². The smallest absolute Gasteiger partial charge is 0.472 e. The van der Waals surface area contributed by atoms with Crippen LogP contribution in [0.15, 0.2) is 12.1 Å². The van der Waals surface area contributed by atoms with E-state index in [4.69, 9.17) is 19.0 Å². The van der Waals surface area contributed by atoms with Crippen LogP contribution in [0.1, 0.15) is 74.9 Å². The zero-order valence-corrected chi connectivity index (χ0v) is 16.9. The van der Waals surface area contributed by atoms with E-state index in [9.17, 15) is 0 Å². The van der Waals surface area contributed by atoms with Crippen molar-refractivity contribution in [1.29, 1.82) is 0 Å². The highest BCUT2D eigenvalue weighted by atomic mass is 16.7. The summed E-state index contributed by atoms with van der Waals surface area (Å²) in [6.07, 6.45) is 0. The van der Waals surface area contributed by atoms with Gasteiger partial charge < -0.3 is 14.0 Å². The maximum atomic E-state index is 6.20. The molecule has 0 bridgehead atoms. The Balaban J connectivity index is 2.45. The molecule has 0 aromatic carbocycles. The molecule has 0 radical (unpaired) electrons. The normalized spacial score (nSPS) is 20.3. The van der Waals surface area contributed by atoms with E-state index in [1.54, 1.807) is 0 Å². The van der Waals surface area contributed by atoms with Crippen molar-refractivity contribution in [3.05, 3.63) is 17.8 Å². The zero-order chi connectivity index (χ0) is 18.6. The Morgan fingerprint density at radius 3 is 1.83 bits per heavy atom. The van der Waals surface area contributed by atoms with Crippen LogP contribution in [0, 0.1) is 0 Å². The van der Waals surface area contributed by atoms with Crippen molar-refractivity contribution in [2.45, 2.75) is 91.5 Å². The number of hydrogen-bond donors (Lipinski definition) is 0. The molecule has 1 aromatic heterocycles. The van der Waals surface area contributed by atoms with E-state index in [1.807, 2.05) is 26.8 Å². The largest absolute Gasteiger partial charge is 0.495 e. The molecule has 0 amide bonds. The van der Waals surface area contributed by atoms with Gasteiger partial charge in [-0.05, 0) is 60.0 Å². The molecule has 1 aliphatic rings. The van der Waals surface area contributed by atoms with Crippen LogP contribution in [0.5, 0.6) is 5.88 Å². The van der Waals surface area contributed by atoms with E-state index < -0.39 is 7.12 Å². The molecule has 0 aliphatic carbocycles. The molecular weight excluding hydrogens is 301 g/mol. The van der Waals surface area contributed by atoms with Gasteiger partial charge in [-0.2, -0.15) is 0 Å². The highest BCUT2D eigenvalue weighted by molar-refractivity contribution is 6.62. The molecule has 1 aromatic rings. The van der Waals surface area contributed by atoms with Crippen molar-refractivity contribution in [2.24, 2.45) is 0 Å². The first-order valence-electron chi connectivity index (χ1n) is 8.68. The van der Waals surface area contributed by atoms with Gasteiger partial charge in [-0.25, -0.2) is 4.98 Å². The average Bonchev–Trinajstić information content (AvgIpc) is 2.55. The van der Waals surface area contributed by atoms with Gasteiger partial charge in [0.05, 0.1) is 11.2 Å². The molecule has 2 heterocycles. The molecule has 0 spiro atoms. The topological polar surface area (TPSA) is 40.6 Å². The van der Waals surface area contributed by atoms with E-state index in [0.29, 0.717) is 5.88 Å². The van der Waals surface area contributed by atoms with E-state index >= 15 is 0 Å². The van der Waals surface area contributed by atoms with Gasteiger partial charge in [0.25, 0.3) is 0 Å². The van der Waals surface area contributed by atoms with Gasteiger partial charge in [0.1, 0.15) is 5.60 Å². The first kappa shape index (κ1) is 19.3. The summed E-state index contributed by atoms with van der Waals surface area (Å²) >= 11 is 0. The average molecular weight is 333 g/mol. The van der Waals surface area contributed by atoms with Crippen molar-refractivity contribution in [1.82, 2.24) is 4.98 Å². The first-order valence-corrected chi connectivity index (χ1v) is 8.68. The fourth-order valence-electron chi connectivity index (χ4n) is 2.39. The minimum atomic E-state index is -0.415. The Morgan fingerprint density at radius 2 is 1.42 bits per heavy atom. The maximum absolute atomic E-state index is 6.20. The summed E-state index contributed by atoms with van der Waals surface area (Å²) in [5, 5.41) is 0. The standard InChI is InChI=1S/C19H32BNO3/c1-16(2,3)14-11-13(12-15(21-14)22-17(4,5)6)20-23-18(7,8)19(9,10)24-20/h11-12H,1-10H3. The van der Waals surface area contributed by atoms with Crippen LogP contribution in [-0.4, -0.2) is 28.9 Å². The van der Waals surface area contributed by atoms with Gasteiger partial charge >= 0.3 is 7.12 Å². The van der Waals surface area contributed by atoms with Gasteiger partial charge in [-0.15, -0.1) is 0 Å². The molecule has 24 heavy (non-hydrogen) atoms. The Labute approximate surface area is 147 Å². The number of nitrogens with zero attached hydrogens (tertiary/aromatic N) is 1. The van der Waals surface area contributed by atoms with Gasteiger partial charge in [0.15, 0.2) is 0 Å². The summed E-state index contributed by atoms with van der Waals surface area (Å²) in [6.45, 7) is 20.7. The summed E-state index contributed by atoms with van der Waals surface area (Å²) < 4.78 is 18.4. The predicted molar refractivity (Wildman–Crippen MR) is 99.0 cm³/mol. The van der Waals surface area contributed by atoms with Crippen LogP contribution >= 0.6 is 0 Å². The number of rotatable bonds is 2. The molecule has 2 rings (SSSR count). The summed E-state index contributed by atoms with van der Waals surface area (Å²) in [4.78, 5) is 4.70. The van der Waals surface area contributed by atoms with Crippen molar-refractivity contribution in [3.63, 3.8) is 0 Å². The lowest BCUT2D eigenvalue weighted by Gasteiger charge is -2.32. The molecule has 0 N–H and O–H groups in total. The number of pyridine rings is 1. The summed E-state index contributed by atoms with van der Waals surface area (Å²) in [7, 11) is -0.415. The van der Waals surface area contributed by atoms with Gasteiger partial charge in [-0.1, -0.05) is 20.8 Å². The molecule has 1 saturated heterocycles. The molecule has 4 nitrogen and oxygen atoms in total. The molecular formula is C19H32BNO3.